The Morgan fingerprint density at radius 1 is 0.310 bits per heavy atom. The molecule has 0 saturated heterocycles. The zero-order valence-electron chi connectivity index (χ0n) is 70.4. The van der Waals surface area contributed by atoms with E-state index in [1.807, 2.05) is 69.2 Å². The second-order valence-corrected chi connectivity index (χ2v) is 43.6. The number of carbonyl (C=O) groups is 5. The fraction of sp³-hybridized carbons (Fsp3) is 0.951. The van der Waals surface area contributed by atoms with E-state index < -0.39 is 0 Å². The molecule has 0 unspecified atom stereocenters. The van der Waals surface area contributed by atoms with Crippen LogP contribution < -0.4 is 0 Å². The van der Waals surface area contributed by atoms with E-state index in [2.05, 4.69) is 83.1 Å². The van der Waals surface area contributed by atoms with Crippen LogP contribution in [0.1, 0.15) is 451 Å². The lowest BCUT2D eigenvalue weighted by Gasteiger charge is -2.62. The topological polar surface area (TPSA) is 132 Å². The molecule has 20 saturated carbocycles. The molecule has 20 aliphatic carbocycles. The van der Waals surface area contributed by atoms with Gasteiger partial charge in [0.2, 0.25) is 0 Å². The Balaban J connectivity index is 0.000000691. The van der Waals surface area contributed by atoms with Crippen molar-refractivity contribution < 1.29 is 47.7 Å². The highest BCUT2D eigenvalue weighted by molar-refractivity contribution is 5.78. The maximum absolute atomic E-state index is 12.8. The standard InChI is InChI=1S/C20H34O2.2C19H32O2.C18H30O2.C17H28O2.10CH4/c1-5-7-8-20(22-18(21)19(3,4)6-2)16-10-14-9-15(12-16)13-17(20)11-14;1-6-17(2,3)16(20)21-18(4,5)19-10-13-7-14(11-19)9-15(8-13)12-19;1-6-18(4,5)17(20)21-19(12(2)3)15-8-13-7-14(10-15)11-16(19)9-13;1-5-17(3,4)16(19)20-18(6-2)14-8-12-7-13(10-14)11-15(18)9-12;1-5-16(2,3)15(18)19-17(4)13-7-11-6-12(9-13)10-14(17)8-11;;;;;;;;;;/h14-17H,5-13H2,1-4H3;13-15H,6-12H2,1-5H3;12-16H,6-11H2,1-5H3;12-15H,5-11H2,1-4H3;11-14H,5-10H2,1-4H3;10*1H4. The Morgan fingerprint density at radius 3 is 0.823 bits per heavy atom. The Morgan fingerprint density at radius 2 is 0.549 bits per heavy atom. The molecule has 0 aromatic carbocycles. The van der Waals surface area contributed by atoms with Gasteiger partial charge in [0.1, 0.15) is 28.0 Å². The average Bonchev–Trinajstić information content (AvgIpc) is 0.745. The number of esters is 5. The van der Waals surface area contributed by atoms with Gasteiger partial charge in [-0.2, -0.15) is 0 Å². The summed E-state index contributed by atoms with van der Waals surface area (Å²) >= 11 is 0. The number of hydrogen-bond acceptors (Lipinski definition) is 10. The molecule has 20 rings (SSSR count). The van der Waals surface area contributed by atoms with Gasteiger partial charge in [-0.25, -0.2) is 0 Å². The van der Waals surface area contributed by atoms with Crippen molar-refractivity contribution in [1.82, 2.24) is 0 Å². The second-order valence-electron chi connectivity index (χ2n) is 43.6. The first-order valence-corrected chi connectivity index (χ1v) is 44.3. The molecule has 668 valence electrons. The first-order valence-electron chi connectivity index (χ1n) is 44.3. The summed E-state index contributed by atoms with van der Waals surface area (Å²) < 4.78 is 31.4. The molecule has 0 aromatic heterocycles. The van der Waals surface area contributed by atoms with Crippen LogP contribution in [0.25, 0.3) is 0 Å². The summed E-state index contributed by atoms with van der Waals surface area (Å²) in [7, 11) is 0. The van der Waals surface area contributed by atoms with E-state index >= 15 is 0 Å². The van der Waals surface area contributed by atoms with Crippen molar-refractivity contribution in [3.05, 3.63) is 0 Å². The van der Waals surface area contributed by atoms with Crippen molar-refractivity contribution >= 4 is 29.8 Å². The highest BCUT2D eigenvalue weighted by Crippen LogP contribution is 2.68. The molecule has 20 aliphatic rings. The second kappa shape index (κ2) is 40.4. The van der Waals surface area contributed by atoms with E-state index in [4.69, 9.17) is 23.7 Å². The minimum absolute atomic E-state index is 0. The average molecular weight is 1590 g/mol. The molecular weight excluding hydrogens is 1400 g/mol. The summed E-state index contributed by atoms with van der Waals surface area (Å²) in [4.78, 5) is 63.3. The summed E-state index contributed by atoms with van der Waals surface area (Å²) in [5.41, 5.74) is -2.37. The van der Waals surface area contributed by atoms with Gasteiger partial charge in [-0.1, -0.05) is 143 Å². The Kier molecular flexibility index (Phi) is 38.7. The third-order valence-corrected chi connectivity index (χ3v) is 34.6. The molecule has 20 fully saturated rings. The molecule has 0 amide bonds. The largest absolute Gasteiger partial charge is 0.459 e. The maximum atomic E-state index is 12.8. The van der Waals surface area contributed by atoms with Crippen LogP contribution in [-0.4, -0.2) is 57.9 Å². The Hall–Kier alpha value is -2.65. The molecule has 0 aliphatic heterocycles. The van der Waals surface area contributed by atoms with E-state index in [9.17, 15) is 24.0 Å². The van der Waals surface area contributed by atoms with Gasteiger partial charge < -0.3 is 23.7 Å². The predicted octanol–water partition coefficient (Wildman–Crippen LogP) is 30.2. The number of hydrogen-bond donors (Lipinski definition) is 0. The molecule has 0 atom stereocenters. The van der Waals surface area contributed by atoms with Crippen molar-refractivity contribution in [3.8, 4) is 0 Å². The van der Waals surface area contributed by atoms with Crippen LogP contribution in [0.3, 0.4) is 0 Å². The van der Waals surface area contributed by atoms with Crippen LogP contribution in [0.4, 0.5) is 0 Å². The van der Waals surface area contributed by atoms with E-state index in [1.165, 1.54) is 180 Å². The highest BCUT2D eigenvalue weighted by atomic mass is 16.6. The van der Waals surface area contributed by atoms with Crippen LogP contribution in [-0.2, 0) is 47.7 Å². The number of rotatable bonds is 21. The van der Waals surface area contributed by atoms with Crippen LogP contribution in [0.2, 0.25) is 0 Å². The summed E-state index contributed by atoms with van der Waals surface area (Å²) in [6, 6.07) is 0. The fourth-order valence-corrected chi connectivity index (χ4v) is 26.6. The van der Waals surface area contributed by atoms with Gasteiger partial charge in [0.25, 0.3) is 0 Å². The molecule has 0 aromatic rings. The zero-order chi connectivity index (χ0) is 75.2. The van der Waals surface area contributed by atoms with Crippen molar-refractivity contribution in [1.29, 1.82) is 0 Å². The van der Waals surface area contributed by atoms with Gasteiger partial charge in [-0.3, -0.25) is 24.0 Å². The SMILES string of the molecule is C.C.C.C.C.C.C.C.C.C.CCC(C)(C)C(=O)OC(C)(C)C12CC3CC(CC(C3)C1)C2.CCC(C)(C)C(=O)OC1(C(C)C)C2CC3CC(C2)CC1C3.CCC(C)(C)C(=O)OC1(C)C2CC3CC(C2)CC1C3.CCC(C)(C)C(=O)OC1(CC)C2CC3CC(C2)CC1C3.CCCCC1(OC(=O)C(C)(C)CC)C2CC3CC(C2)CC1C3. The van der Waals surface area contributed by atoms with Crippen LogP contribution in [0.15, 0.2) is 0 Å². The summed E-state index contributed by atoms with van der Waals surface area (Å²) in [6.45, 7) is 46.2. The van der Waals surface area contributed by atoms with Gasteiger partial charge in [-0.15, -0.1) is 0 Å². The lowest BCUT2D eigenvalue weighted by Crippen LogP contribution is -2.63. The summed E-state index contributed by atoms with van der Waals surface area (Å²) in [6.07, 6.45) is 43.5. The molecule has 0 N–H and O–H groups in total. The van der Waals surface area contributed by atoms with Crippen LogP contribution >= 0.6 is 0 Å². The monoisotopic (exact) mass is 1590 g/mol. The Labute approximate surface area is 703 Å². The van der Waals surface area contributed by atoms with Gasteiger partial charge in [-0.05, 0) is 427 Å². The molecule has 10 heteroatoms. The first kappa shape index (κ1) is 108. The third kappa shape index (κ3) is 20.9. The minimum atomic E-state index is -0.362. The molecule has 0 radical (unpaired) electrons. The van der Waals surface area contributed by atoms with E-state index in [0.29, 0.717) is 53.3 Å². The van der Waals surface area contributed by atoms with Gasteiger partial charge in [0, 0.05) is 5.41 Å². The quantitative estimate of drug-likeness (QED) is 0.0808. The lowest BCUT2D eigenvalue weighted by atomic mass is 9.46. The van der Waals surface area contributed by atoms with Crippen molar-refractivity contribution in [2.75, 3.05) is 0 Å². The zero-order valence-corrected chi connectivity index (χ0v) is 70.4. The molecule has 20 bridgehead atoms. The summed E-state index contributed by atoms with van der Waals surface area (Å²) in [5, 5.41) is 0. The molecular formula is C103H196O10. The Bertz CT molecular complexity index is 2820. The van der Waals surface area contributed by atoms with Crippen molar-refractivity contribution in [2.24, 2.45) is 151 Å². The fourth-order valence-electron chi connectivity index (χ4n) is 26.6. The third-order valence-electron chi connectivity index (χ3n) is 34.6. The van der Waals surface area contributed by atoms with Gasteiger partial charge >= 0.3 is 29.8 Å². The number of unbranched alkanes of at least 4 members (excludes halogenated alkanes) is 1. The normalized spacial score (nSPS) is 37.7. The van der Waals surface area contributed by atoms with Crippen LogP contribution in [0, 0.1) is 151 Å². The number of ether oxygens (including phenoxy) is 5. The van der Waals surface area contributed by atoms with E-state index in [0.717, 1.165) is 110 Å². The smallest absolute Gasteiger partial charge is 0.312 e. The maximum Gasteiger partial charge on any atom is 0.312 e. The van der Waals surface area contributed by atoms with Crippen molar-refractivity contribution in [3.63, 3.8) is 0 Å². The molecule has 0 heterocycles. The lowest BCUT2D eigenvalue weighted by molar-refractivity contribution is -0.231. The van der Waals surface area contributed by atoms with Crippen molar-refractivity contribution in [2.45, 2.75) is 479 Å². The predicted molar refractivity (Wildman–Crippen MR) is 482 cm³/mol. The van der Waals surface area contributed by atoms with Gasteiger partial charge in [0.05, 0.1) is 27.1 Å². The summed E-state index contributed by atoms with van der Waals surface area (Å²) in [5.74, 6) is 15.7. The van der Waals surface area contributed by atoms with Crippen LogP contribution in [0.5, 0.6) is 0 Å². The molecule has 10 nitrogen and oxygen atoms in total. The first-order chi connectivity index (χ1) is 48.1. The van der Waals surface area contributed by atoms with Gasteiger partial charge in [0.15, 0.2) is 0 Å². The molecule has 113 heavy (non-hydrogen) atoms. The van der Waals surface area contributed by atoms with E-state index in [-0.39, 0.29) is 165 Å². The minimum Gasteiger partial charge on any atom is -0.459 e. The molecule has 0 spiro atoms. The van der Waals surface area contributed by atoms with E-state index in [1.54, 1.807) is 0 Å². The highest BCUT2D eigenvalue weighted by Gasteiger charge is 2.65. The number of carbonyl (C=O) groups excluding carboxylic acids is 5.